The summed E-state index contributed by atoms with van der Waals surface area (Å²) in [5.41, 5.74) is 0.704. The summed E-state index contributed by atoms with van der Waals surface area (Å²) in [5, 5.41) is 20.1. The molecule has 5 heteroatoms. The molecule has 0 saturated heterocycles. The molecule has 1 atom stereocenters. The highest BCUT2D eigenvalue weighted by Crippen LogP contribution is 2.14. The van der Waals surface area contributed by atoms with Crippen LogP contribution in [0, 0.1) is 16.0 Å². The van der Waals surface area contributed by atoms with Crippen LogP contribution in [0.4, 0.5) is 5.69 Å². The number of carbonyl (C=O) groups excluding carboxylic acids is 1. The van der Waals surface area contributed by atoms with Crippen LogP contribution < -0.4 is 0 Å². The molecular formula is C12H15NO4. The number of nitrogens with zero attached hydrogens (tertiary/aromatic N) is 1. The van der Waals surface area contributed by atoms with E-state index in [1.807, 2.05) is 0 Å². The van der Waals surface area contributed by atoms with E-state index in [1.54, 1.807) is 26.0 Å². The third kappa shape index (κ3) is 3.64. The van der Waals surface area contributed by atoms with Gasteiger partial charge in [0.15, 0.2) is 5.78 Å². The van der Waals surface area contributed by atoms with Gasteiger partial charge in [-0.25, -0.2) is 0 Å². The molecule has 0 radical (unpaired) electrons. The Morgan fingerprint density at radius 2 is 1.88 bits per heavy atom. The molecule has 0 heterocycles. The zero-order chi connectivity index (χ0) is 13.0. The van der Waals surface area contributed by atoms with Crippen molar-refractivity contribution in [1.82, 2.24) is 0 Å². The second-order valence-corrected chi connectivity index (χ2v) is 4.20. The van der Waals surface area contributed by atoms with Gasteiger partial charge in [-0.1, -0.05) is 26.0 Å². The van der Waals surface area contributed by atoms with Gasteiger partial charge in [0.25, 0.3) is 5.69 Å². The van der Waals surface area contributed by atoms with E-state index in [2.05, 4.69) is 0 Å². The third-order valence-corrected chi connectivity index (χ3v) is 2.47. The van der Waals surface area contributed by atoms with E-state index in [4.69, 9.17) is 0 Å². The fourth-order valence-electron chi connectivity index (χ4n) is 1.46. The van der Waals surface area contributed by atoms with Crippen LogP contribution in [0.5, 0.6) is 0 Å². The molecule has 0 saturated carbocycles. The third-order valence-electron chi connectivity index (χ3n) is 2.47. The van der Waals surface area contributed by atoms with Gasteiger partial charge in [-0.15, -0.1) is 0 Å². The van der Waals surface area contributed by atoms with E-state index in [0.717, 1.165) is 0 Å². The number of carbonyl (C=O) groups is 1. The largest absolute Gasteiger partial charge is 0.385 e. The van der Waals surface area contributed by atoms with Gasteiger partial charge < -0.3 is 5.11 Å². The van der Waals surface area contributed by atoms with Gasteiger partial charge in [0.1, 0.15) is 6.10 Å². The van der Waals surface area contributed by atoms with E-state index >= 15 is 0 Å². The Morgan fingerprint density at radius 1 is 1.35 bits per heavy atom. The van der Waals surface area contributed by atoms with E-state index in [1.165, 1.54) is 12.1 Å². The Labute approximate surface area is 99.2 Å². The molecule has 0 spiro atoms. The highest BCUT2D eigenvalue weighted by Gasteiger charge is 2.18. The molecule has 0 fully saturated rings. The average Bonchev–Trinajstić information content (AvgIpc) is 2.28. The number of benzene rings is 1. The van der Waals surface area contributed by atoms with Crippen LogP contribution in [-0.2, 0) is 11.2 Å². The first-order valence-electron chi connectivity index (χ1n) is 5.37. The van der Waals surface area contributed by atoms with Crippen molar-refractivity contribution in [3.05, 3.63) is 39.9 Å². The van der Waals surface area contributed by atoms with Crippen LogP contribution in [0.15, 0.2) is 24.3 Å². The van der Waals surface area contributed by atoms with Crippen molar-refractivity contribution in [2.45, 2.75) is 26.4 Å². The van der Waals surface area contributed by atoms with Gasteiger partial charge in [-0.3, -0.25) is 14.9 Å². The van der Waals surface area contributed by atoms with E-state index in [9.17, 15) is 20.0 Å². The van der Waals surface area contributed by atoms with Crippen LogP contribution in [0.25, 0.3) is 0 Å². The predicted molar refractivity (Wildman–Crippen MR) is 62.7 cm³/mol. The second-order valence-electron chi connectivity index (χ2n) is 4.20. The number of aliphatic hydroxyl groups is 1. The molecule has 5 nitrogen and oxygen atoms in total. The van der Waals surface area contributed by atoms with Crippen LogP contribution >= 0.6 is 0 Å². The van der Waals surface area contributed by atoms with Gasteiger partial charge in [0, 0.05) is 24.5 Å². The van der Waals surface area contributed by atoms with Crippen molar-refractivity contribution < 1.29 is 14.8 Å². The standard InChI is InChI=1S/C12H15NO4/c1-8(2)12(15)11(14)7-9-3-5-10(6-4-9)13(16)17/h3-6,8,11,14H,7H2,1-2H3/t11-/m1/s1. The molecule has 1 rings (SSSR count). The minimum atomic E-state index is -1.04. The monoisotopic (exact) mass is 237 g/mol. The maximum Gasteiger partial charge on any atom is 0.269 e. The van der Waals surface area contributed by atoms with Crippen molar-refractivity contribution in [2.24, 2.45) is 5.92 Å². The highest BCUT2D eigenvalue weighted by atomic mass is 16.6. The molecule has 17 heavy (non-hydrogen) atoms. The Kier molecular flexibility index (Phi) is 4.34. The first kappa shape index (κ1) is 13.3. The van der Waals surface area contributed by atoms with Crippen molar-refractivity contribution >= 4 is 11.5 Å². The summed E-state index contributed by atoms with van der Waals surface area (Å²) in [6, 6.07) is 5.83. The zero-order valence-corrected chi connectivity index (χ0v) is 9.79. The van der Waals surface area contributed by atoms with Crippen molar-refractivity contribution in [3.63, 3.8) is 0 Å². The highest BCUT2D eigenvalue weighted by molar-refractivity contribution is 5.84. The zero-order valence-electron chi connectivity index (χ0n) is 9.79. The number of nitro groups is 1. The summed E-state index contributed by atoms with van der Waals surface area (Å²) < 4.78 is 0. The van der Waals surface area contributed by atoms with Crippen molar-refractivity contribution in [2.75, 3.05) is 0 Å². The van der Waals surface area contributed by atoms with Crippen LogP contribution in [0.3, 0.4) is 0 Å². The van der Waals surface area contributed by atoms with Gasteiger partial charge in [0.05, 0.1) is 4.92 Å². The Hall–Kier alpha value is -1.75. The molecular weight excluding hydrogens is 222 g/mol. The summed E-state index contributed by atoms with van der Waals surface area (Å²) in [5.74, 6) is -0.439. The number of hydrogen-bond donors (Lipinski definition) is 1. The molecule has 1 N–H and O–H groups in total. The molecule has 0 unspecified atom stereocenters. The lowest BCUT2D eigenvalue weighted by molar-refractivity contribution is -0.384. The number of hydrogen-bond acceptors (Lipinski definition) is 4. The van der Waals surface area contributed by atoms with Gasteiger partial charge in [-0.2, -0.15) is 0 Å². The van der Waals surface area contributed by atoms with Crippen LogP contribution in [0.2, 0.25) is 0 Å². The number of aliphatic hydroxyl groups excluding tert-OH is 1. The topological polar surface area (TPSA) is 80.4 Å². The lowest BCUT2D eigenvalue weighted by atomic mass is 9.98. The summed E-state index contributed by atoms with van der Waals surface area (Å²) in [6.07, 6.45) is -0.855. The maximum atomic E-state index is 11.5. The minimum Gasteiger partial charge on any atom is -0.385 e. The molecule has 0 aliphatic carbocycles. The molecule has 0 aromatic heterocycles. The number of rotatable bonds is 5. The summed E-state index contributed by atoms with van der Waals surface area (Å²) in [4.78, 5) is 21.4. The predicted octanol–water partition coefficient (Wildman–Crippen LogP) is 1.72. The molecule has 0 bridgehead atoms. The SMILES string of the molecule is CC(C)C(=O)[C@H](O)Cc1ccc([N+](=O)[O-])cc1. The molecule has 0 amide bonds. The molecule has 0 aliphatic rings. The number of ketones is 1. The first-order valence-corrected chi connectivity index (χ1v) is 5.37. The summed E-state index contributed by atoms with van der Waals surface area (Å²) >= 11 is 0. The average molecular weight is 237 g/mol. The second kappa shape index (κ2) is 5.54. The summed E-state index contributed by atoms with van der Waals surface area (Å²) in [6.45, 7) is 3.45. The lowest BCUT2D eigenvalue weighted by Gasteiger charge is -2.11. The molecule has 1 aromatic rings. The molecule has 0 aliphatic heterocycles. The quantitative estimate of drug-likeness (QED) is 0.624. The Morgan fingerprint density at radius 3 is 2.29 bits per heavy atom. The number of non-ortho nitro benzene ring substituents is 1. The minimum absolute atomic E-state index is 0.00146. The van der Waals surface area contributed by atoms with E-state index in [0.29, 0.717) is 5.56 Å². The maximum absolute atomic E-state index is 11.5. The molecule has 92 valence electrons. The van der Waals surface area contributed by atoms with Gasteiger partial charge >= 0.3 is 0 Å². The summed E-state index contributed by atoms with van der Waals surface area (Å²) in [7, 11) is 0. The Bertz CT molecular complexity index is 411. The van der Waals surface area contributed by atoms with Gasteiger partial charge in [0.2, 0.25) is 0 Å². The smallest absolute Gasteiger partial charge is 0.269 e. The normalized spacial score (nSPS) is 12.5. The fraction of sp³-hybridized carbons (Fsp3) is 0.417. The number of Topliss-reactive ketones (excluding diaryl/α,β-unsaturated/α-hetero) is 1. The first-order chi connectivity index (χ1) is 7.91. The fourth-order valence-corrected chi connectivity index (χ4v) is 1.46. The van der Waals surface area contributed by atoms with E-state index < -0.39 is 11.0 Å². The molecule has 1 aromatic carbocycles. The van der Waals surface area contributed by atoms with E-state index in [-0.39, 0.29) is 23.8 Å². The number of nitro benzene ring substituents is 1. The van der Waals surface area contributed by atoms with Crippen LogP contribution in [-0.4, -0.2) is 21.9 Å². The lowest BCUT2D eigenvalue weighted by Crippen LogP contribution is -2.27. The van der Waals surface area contributed by atoms with Crippen molar-refractivity contribution in [1.29, 1.82) is 0 Å². The Balaban J connectivity index is 2.69. The van der Waals surface area contributed by atoms with Crippen LogP contribution in [0.1, 0.15) is 19.4 Å². The van der Waals surface area contributed by atoms with Gasteiger partial charge in [-0.05, 0) is 5.56 Å². The van der Waals surface area contributed by atoms with Crippen molar-refractivity contribution in [3.8, 4) is 0 Å².